The normalized spacial score (nSPS) is 16.2. The first kappa shape index (κ1) is 27.5. The molecular formula is C28H36FN3O5S. The molecule has 0 saturated heterocycles. The summed E-state index contributed by atoms with van der Waals surface area (Å²) in [5.41, 5.74) is 1.34. The van der Waals surface area contributed by atoms with Gasteiger partial charge in [-0.05, 0) is 67.0 Å². The van der Waals surface area contributed by atoms with Crippen molar-refractivity contribution in [2.45, 2.75) is 46.1 Å². The van der Waals surface area contributed by atoms with E-state index in [0.717, 1.165) is 6.42 Å². The minimum Gasteiger partial charge on any atom is -0.493 e. The largest absolute Gasteiger partial charge is 0.493 e. The van der Waals surface area contributed by atoms with Crippen molar-refractivity contribution < 1.29 is 29.9 Å². The molecule has 10 heteroatoms. The van der Waals surface area contributed by atoms with Crippen LogP contribution in [0.3, 0.4) is 0 Å². The maximum atomic E-state index is 14.4. The molecule has 1 aliphatic rings. The number of halogens is 1. The second-order valence-corrected chi connectivity index (χ2v) is 12.3. The Morgan fingerprint density at radius 3 is 2.55 bits per heavy atom. The van der Waals surface area contributed by atoms with Gasteiger partial charge in [0.2, 0.25) is 5.88 Å². The highest BCUT2D eigenvalue weighted by molar-refractivity contribution is 7.90. The number of sulfonamides is 1. The fourth-order valence-corrected chi connectivity index (χ4v) is 4.86. The summed E-state index contributed by atoms with van der Waals surface area (Å²) in [7, 11) is -4.23. The number of ether oxygens (including phenoxy) is 2. The van der Waals surface area contributed by atoms with E-state index in [4.69, 9.17) is 9.47 Å². The molecule has 206 valence electrons. The van der Waals surface area contributed by atoms with Gasteiger partial charge in [-0.3, -0.25) is 4.79 Å². The quantitative estimate of drug-likeness (QED) is 0.350. The Kier molecular flexibility index (Phi) is 7.73. The molecule has 1 N–H and O–H groups in total. The van der Waals surface area contributed by atoms with E-state index >= 15 is 0 Å². The van der Waals surface area contributed by atoms with Crippen LogP contribution in [0.5, 0.6) is 11.6 Å². The molecule has 1 saturated carbocycles. The molecule has 1 aliphatic carbocycles. The van der Waals surface area contributed by atoms with Crippen LogP contribution in [0.15, 0.2) is 53.6 Å². The number of hydrogen-bond donors (Lipinski definition) is 1. The first-order chi connectivity index (χ1) is 17.8. The van der Waals surface area contributed by atoms with Crippen molar-refractivity contribution in [3.63, 3.8) is 0 Å². The Balaban J connectivity index is 0.00000280. The second-order valence-electron chi connectivity index (χ2n) is 10.7. The summed E-state index contributed by atoms with van der Waals surface area (Å²) in [5.74, 6) is -0.549. The van der Waals surface area contributed by atoms with E-state index in [2.05, 4.69) is 28.5 Å². The fraction of sp³-hybridized carbons (Fsp3) is 0.393. The highest BCUT2D eigenvalue weighted by Crippen LogP contribution is 2.51. The number of hydrogen-bond acceptors (Lipinski definition) is 7. The van der Waals surface area contributed by atoms with Crippen molar-refractivity contribution in [2.75, 3.05) is 13.2 Å². The van der Waals surface area contributed by atoms with E-state index in [1.807, 2.05) is 13.8 Å². The molecule has 1 aromatic carbocycles. The molecule has 38 heavy (non-hydrogen) atoms. The summed E-state index contributed by atoms with van der Waals surface area (Å²) in [4.78, 5) is 21.6. The molecular weight excluding hydrogens is 509 g/mol. The zero-order valence-corrected chi connectivity index (χ0v) is 22.9. The van der Waals surface area contributed by atoms with Crippen LogP contribution in [-0.2, 0) is 10.0 Å². The van der Waals surface area contributed by atoms with Gasteiger partial charge in [0.05, 0.1) is 18.9 Å². The minimum absolute atomic E-state index is 0. The molecule has 1 amide bonds. The van der Waals surface area contributed by atoms with Crippen LogP contribution in [0.2, 0.25) is 0 Å². The van der Waals surface area contributed by atoms with Crippen LogP contribution in [0, 0.1) is 30.0 Å². The highest BCUT2D eigenvalue weighted by Gasteiger charge is 2.46. The lowest BCUT2D eigenvalue weighted by Gasteiger charge is -2.14. The maximum absolute atomic E-state index is 14.4. The molecule has 1 fully saturated rings. The van der Waals surface area contributed by atoms with E-state index in [-0.39, 0.29) is 36.6 Å². The Hall–Kier alpha value is -3.53. The highest BCUT2D eigenvalue weighted by atomic mass is 32.2. The Labute approximate surface area is 225 Å². The summed E-state index contributed by atoms with van der Waals surface area (Å²) < 4.78 is 53.7. The van der Waals surface area contributed by atoms with Crippen molar-refractivity contribution in [2.24, 2.45) is 17.3 Å². The van der Waals surface area contributed by atoms with E-state index in [1.165, 1.54) is 30.3 Å². The lowest BCUT2D eigenvalue weighted by atomic mass is 10.1. The third-order valence-corrected chi connectivity index (χ3v) is 7.59. The van der Waals surface area contributed by atoms with E-state index in [1.54, 1.807) is 25.1 Å². The lowest BCUT2D eigenvalue weighted by molar-refractivity contribution is 0.0976. The van der Waals surface area contributed by atoms with Crippen LogP contribution in [0.4, 0.5) is 4.39 Å². The first-order valence-corrected chi connectivity index (χ1v) is 13.9. The molecule has 1 atom stereocenters. The van der Waals surface area contributed by atoms with Gasteiger partial charge in [-0.25, -0.2) is 19.1 Å². The molecule has 0 bridgehead atoms. The molecule has 0 radical (unpaired) electrons. The van der Waals surface area contributed by atoms with Gasteiger partial charge in [-0.1, -0.05) is 33.8 Å². The number of pyridine rings is 2. The Morgan fingerprint density at radius 2 is 1.89 bits per heavy atom. The van der Waals surface area contributed by atoms with E-state index in [0.29, 0.717) is 35.9 Å². The van der Waals surface area contributed by atoms with Gasteiger partial charge in [-0.15, -0.1) is 0 Å². The fourth-order valence-electron chi connectivity index (χ4n) is 3.88. The predicted molar refractivity (Wildman–Crippen MR) is 145 cm³/mol. The molecule has 8 nitrogen and oxygen atoms in total. The van der Waals surface area contributed by atoms with Gasteiger partial charge in [0.1, 0.15) is 17.1 Å². The number of benzene rings is 1. The molecule has 2 aromatic heterocycles. The average molecular weight is 546 g/mol. The monoisotopic (exact) mass is 545 g/mol. The maximum Gasteiger partial charge on any atom is 0.281 e. The van der Waals surface area contributed by atoms with Gasteiger partial charge < -0.3 is 9.47 Å². The standard InChI is InChI=1S/C28H32FN3O5S.2H2/c1-17(2)15-36-22-12-19(11-21(29)13-22)24-10-9-23(27(31-24)37-16-20-14-28(20,4)5)26(33)32-38(34,35)25-8-6-7-18(3)30-25;;/h6-13,17,20H,14-16H2,1-5H3,(H,32,33);2*1H. The van der Waals surface area contributed by atoms with E-state index < -0.39 is 21.7 Å². The molecule has 0 aliphatic heterocycles. The van der Waals surface area contributed by atoms with Crippen molar-refractivity contribution in [1.82, 2.24) is 14.7 Å². The number of carbonyl (C=O) groups is 1. The van der Waals surface area contributed by atoms with Gasteiger partial charge >= 0.3 is 0 Å². The minimum atomic E-state index is -4.23. The molecule has 4 rings (SSSR count). The zero-order valence-electron chi connectivity index (χ0n) is 22.1. The van der Waals surface area contributed by atoms with Gasteiger partial charge in [0.15, 0.2) is 5.03 Å². The number of aromatic nitrogens is 2. The van der Waals surface area contributed by atoms with Crippen molar-refractivity contribution in [3.8, 4) is 22.9 Å². The summed E-state index contributed by atoms with van der Waals surface area (Å²) >= 11 is 0. The smallest absolute Gasteiger partial charge is 0.281 e. The van der Waals surface area contributed by atoms with Gasteiger partial charge in [0.25, 0.3) is 15.9 Å². The molecule has 1 unspecified atom stereocenters. The van der Waals surface area contributed by atoms with Gasteiger partial charge in [-0.2, -0.15) is 8.42 Å². The zero-order chi connectivity index (χ0) is 27.7. The molecule has 2 heterocycles. The molecule has 0 spiro atoms. The second kappa shape index (κ2) is 10.7. The Bertz CT molecular complexity index is 1470. The predicted octanol–water partition coefficient (Wildman–Crippen LogP) is 5.66. The van der Waals surface area contributed by atoms with Crippen LogP contribution >= 0.6 is 0 Å². The number of aryl methyl sites for hydroxylation is 1. The van der Waals surface area contributed by atoms with Crippen LogP contribution in [0.1, 0.15) is 53.0 Å². The van der Waals surface area contributed by atoms with Crippen LogP contribution in [0.25, 0.3) is 11.3 Å². The van der Waals surface area contributed by atoms with E-state index in [9.17, 15) is 17.6 Å². The summed E-state index contributed by atoms with van der Waals surface area (Å²) in [6, 6.07) is 11.7. The molecule has 3 aromatic rings. The number of nitrogens with one attached hydrogen (secondary N) is 1. The van der Waals surface area contributed by atoms with Crippen molar-refractivity contribution in [1.29, 1.82) is 0 Å². The van der Waals surface area contributed by atoms with Gasteiger partial charge in [0, 0.05) is 20.2 Å². The van der Waals surface area contributed by atoms with Crippen LogP contribution < -0.4 is 14.2 Å². The lowest BCUT2D eigenvalue weighted by Crippen LogP contribution is -2.31. The number of nitrogens with zero attached hydrogens (tertiary/aromatic N) is 2. The van der Waals surface area contributed by atoms with Crippen LogP contribution in [-0.4, -0.2) is 37.5 Å². The SMILES string of the molecule is Cc1cccc(S(=O)(=O)NC(=O)c2ccc(-c3cc(F)cc(OCC(C)C)c3)nc2OCC2CC2(C)C)n1.[HH].[HH]. The number of rotatable bonds is 10. The number of amides is 1. The third-order valence-electron chi connectivity index (χ3n) is 6.36. The number of carbonyl (C=O) groups excluding carboxylic acids is 1. The van der Waals surface area contributed by atoms with Crippen molar-refractivity contribution in [3.05, 3.63) is 65.6 Å². The topological polar surface area (TPSA) is 107 Å². The summed E-state index contributed by atoms with van der Waals surface area (Å²) in [6.07, 6.45) is 0.960. The average Bonchev–Trinajstić information content (AvgIpc) is 3.46. The third kappa shape index (κ3) is 6.66. The summed E-state index contributed by atoms with van der Waals surface area (Å²) in [5, 5.41) is -0.272. The Morgan fingerprint density at radius 1 is 1.16 bits per heavy atom. The summed E-state index contributed by atoms with van der Waals surface area (Å²) in [6.45, 7) is 10.6. The first-order valence-electron chi connectivity index (χ1n) is 12.4. The van der Waals surface area contributed by atoms with Crippen molar-refractivity contribution >= 4 is 15.9 Å².